The standard InChI is InChI=1S/C40H77O8P/c1-4-7-9-11-13-15-17-19-20-22-24-26-28-30-32-34-40(42)48-38(37-47-49(43,44)46-35-6-3)36-45-39(41)33-31-29-27-25-23-21-18-16-14-12-10-8-5-2/h19-20,38H,4-18,21-37H2,1-3H3,(H,43,44)/b20-19-. The quantitative estimate of drug-likeness (QED) is 0.0291. The lowest BCUT2D eigenvalue weighted by molar-refractivity contribution is -0.161. The van der Waals surface area contributed by atoms with Gasteiger partial charge in [0.25, 0.3) is 0 Å². The molecule has 290 valence electrons. The number of carbonyl (C=O) groups excluding carboxylic acids is 2. The van der Waals surface area contributed by atoms with Gasteiger partial charge in [0.2, 0.25) is 0 Å². The molecule has 0 aliphatic heterocycles. The van der Waals surface area contributed by atoms with Gasteiger partial charge in [0, 0.05) is 12.8 Å². The first-order valence-electron chi connectivity index (χ1n) is 20.5. The number of carbonyl (C=O) groups is 2. The van der Waals surface area contributed by atoms with Crippen LogP contribution in [0.15, 0.2) is 12.2 Å². The van der Waals surface area contributed by atoms with Crippen molar-refractivity contribution >= 4 is 19.8 Å². The van der Waals surface area contributed by atoms with Gasteiger partial charge in [-0.1, -0.05) is 161 Å². The Morgan fingerprint density at radius 2 is 0.939 bits per heavy atom. The minimum atomic E-state index is -4.29. The molecule has 0 saturated heterocycles. The second-order valence-electron chi connectivity index (χ2n) is 13.7. The summed E-state index contributed by atoms with van der Waals surface area (Å²) >= 11 is 0. The third kappa shape index (κ3) is 36.4. The highest BCUT2D eigenvalue weighted by Crippen LogP contribution is 2.43. The maximum absolute atomic E-state index is 12.5. The van der Waals surface area contributed by atoms with Crippen molar-refractivity contribution < 1.29 is 37.6 Å². The van der Waals surface area contributed by atoms with E-state index in [1.807, 2.05) is 6.92 Å². The first-order chi connectivity index (χ1) is 23.8. The molecule has 0 amide bonds. The molecule has 8 nitrogen and oxygen atoms in total. The van der Waals surface area contributed by atoms with E-state index in [1.54, 1.807) is 0 Å². The number of esters is 2. The second-order valence-corrected chi connectivity index (χ2v) is 15.2. The molecular weight excluding hydrogens is 639 g/mol. The van der Waals surface area contributed by atoms with E-state index in [4.69, 9.17) is 18.5 Å². The smallest absolute Gasteiger partial charge is 0.462 e. The van der Waals surface area contributed by atoms with Gasteiger partial charge in [-0.3, -0.25) is 18.6 Å². The molecule has 0 aromatic heterocycles. The molecule has 0 rings (SSSR count). The van der Waals surface area contributed by atoms with Crippen LogP contribution < -0.4 is 0 Å². The van der Waals surface area contributed by atoms with Crippen molar-refractivity contribution in [3.05, 3.63) is 12.2 Å². The molecule has 0 spiro atoms. The SMILES string of the molecule is CCCCCCCC/C=C\CCCCCCCC(=O)OC(COC(=O)CCCCCCCCCCCCCCC)COP(=O)(O)OCCC. The van der Waals surface area contributed by atoms with Gasteiger partial charge < -0.3 is 14.4 Å². The van der Waals surface area contributed by atoms with Gasteiger partial charge in [-0.05, 0) is 44.9 Å². The number of phosphoric acid groups is 1. The molecule has 49 heavy (non-hydrogen) atoms. The highest BCUT2D eigenvalue weighted by Gasteiger charge is 2.25. The number of phosphoric ester groups is 1. The summed E-state index contributed by atoms with van der Waals surface area (Å²) in [5, 5.41) is 0. The largest absolute Gasteiger partial charge is 0.472 e. The van der Waals surface area contributed by atoms with E-state index in [1.165, 1.54) is 109 Å². The van der Waals surface area contributed by atoms with Crippen LogP contribution in [0.3, 0.4) is 0 Å². The van der Waals surface area contributed by atoms with Crippen molar-refractivity contribution in [1.82, 2.24) is 0 Å². The predicted molar refractivity (Wildman–Crippen MR) is 203 cm³/mol. The van der Waals surface area contributed by atoms with Crippen LogP contribution >= 0.6 is 7.82 Å². The number of rotatable bonds is 38. The van der Waals surface area contributed by atoms with E-state index in [0.717, 1.165) is 51.4 Å². The minimum absolute atomic E-state index is 0.0713. The molecule has 2 unspecified atom stereocenters. The Bertz CT molecular complexity index is 818. The molecule has 0 fully saturated rings. The van der Waals surface area contributed by atoms with Crippen LogP contribution in [0.2, 0.25) is 0 Å². The topological polar surface area (TPSA) is 108 Å². The van der Waals surface area contributed by atoms with Crippen LogP contribution in [-0.4, -0.2) is 42.8 Å². The lowest BCUT2D eigenvalue weighted by atomic mass is 10.0. The first kappa shape index (κ1) is 47.8. The molecule has 9 heteroatoms. The molecule has 0 aliphatic rings. The number of unbranched alkanes of at least 4 members (excludes halogenated alkanes) is 23. The van der Waals surface area contributed by atoms with E-state index in [-0.39, 0.29) is 32.2 Å². The van der Waals surface area contributed by atoms with Crippen LogP contribution in [0.1, 0.15) is 207 Å². The molecule has 0 aliphatic carbocycles. The van der Waals surface area contributed by atoms with E-state index < -0.39 is 19.9 Å². The summed E-state index contributed by atoms with van der Waals surface area (Å²) < 4.78 is 33.0. The molecule has 0 heterocycles. The van der Waals surface area contributed by atoms with Crippen LogP contribution in [-0.2, 0) is 32.7 Å². The van der Waals surface area contributed by atoms with Crippen molar-refractivity contribution in [3.8, 4) is 0 Å². The Hall–Kier alpha value is -1.21. The molecular formula is C40H77O8P. The fourth-order valence-electron chi connectivity index (χ4n) is 5.67. The third-order valence-electron chi connectivity index (χ3n) is 8.74. The van der Waals surface area contributed by atoms with E-state index in [0.29, 0.717) is 19.3 Å². The van der Waals surface area contributed by atoms with Crippen molar-refractivity contribution in [3.63, 3.8) is 0 Å². The van der Waals surface area contributed by atoms with Crippen LogP contribution in [0.25, 0.3) is 0 Å². The molecule has 0 saturated carbocycles. The van der Waals surface area contributed by atoms with Crippen LogP contribution in [0, 0.1) is 0 Å². The Labute approximate surface area is 301 Å². The number of allylic oxidation sites excluding steroid dienone is 2. The molecule has 0 aromatic carbocycles. The summed E-state index contributed by atoms with van der Waals surface area (Å²) in [4.78, 5) is 34.8. The Kier molecular flexibility index (Phi) is 35.7. The normalized spacial score (nSPS) is 13.5. The fraction of sp³-hybridized carbons (Fsp3) is 0.900. The Morgan fingerprint density at radius 3 is 1.39 bits per heavy atom. The van der Waals surface area contributed by atoms with Gasteiger partial charge in [-0.2, -0.15) is 0 Å². The molecule has 0 bridgehead atoms. The Morgan fingerprint density at radius 1 is 0.531 bits per heavy atom. The molecule has 2 atom stereocenters. The summed E-state index contributed by atoms with van der Waals surface area (Å²) in [6, 6.07) is 0. The fourth-order valence-corrected chi connectivity index (χ4v) is 6.51. The summed E-state index contributed by atoms with van der Waals surface area (Å²) in [6.45, 7) is 5.78. The average Bonchev–Trinajstić information content (AvgIpc) is 3.08. The monoisotopic (exact) mass is 717 g/mol. The number of hydrogen-bond donors (Lipinski definition) is 1. The lowest BCUT2D eigenvalue weighted by Crippen LogP contribution is -2.29. The molecule has 0 aromatic rings. The molecule has 0 radical (unpaired) electrons. The van der Waals surface area contributed by atoms with Crippen molar-refractivity contribution in [2.45, 2.75) is 213 Å². The Balaban J connectivity index is 4.19. The van der Waals surface area contributed by atoms with Gasteiger partial charge >= 0.3 is 19.8 Å². The van der Waals surface area contributed by atoms with Crippen molar-refractivity contribution in [2.75, 3.05) is 19.8 Å². The van der Waals surface area contributed by atoms with Crippen LogP contribution in [0.5, 0.6) is 0 Å². The van der Waals surface area contributed by atoms with Gasteiger partial charge in [0.1, 0.15) is 6.61 Å². The van der Waals surface area contributed by atoms with Gasteiger partial charge in [-0.15, -0.1) is 0 Å². The summed E-state index contributed by atoms with van der Waals surface area (Å²) in [5.74, 6) is -0.795. The van der Waals surface area contributed by atoms with Crippen molar-refractivity contribution in [1.29, 1.82) is 0 Å². The maximum atomic E-state index is 12.5. The lowest BCUT2D eigenvalue weighted by Gasteiger charge is -2.20. The zero-order valence-corrected chi connectivity index (χ0v) is 33.0. The maximum Gasteiger partial charge on any atom is 0.472 e. The summed E-state index contributed by atoms with van der Waals surface area (Å²) in [5.41, 5.74) is 0. The van der Waals surface area contributed by atoms with E-state index >= 15 is 0 Å². The zero-order valence-electron chi connectivity index (χ0n) is 32.1. The van der Waals surface area contributed by atoms with Gasteiger partial charge in [-0.25, -0.2) is 4.57 Å². The predicted octanol–water partition coefficient (Wildman–Crippen LogP) is 12.5. The summed E-state index contributed by atoms with van der Waals surface area (Å²) in [6.07, 6.45) is 36.0. The third-order valence-corrected chi connectivity index (χ3v) is 9.72. The highest BCUT2D eigenvalue weighted by atomic mass is 31.2. The molecule has 1 N–H and O–H groups in total. The van der Waals surface area contributed by atoms with E-state index in [2.05, 4.69) is 26.0 Å². The summed E-state index contributed by atoms with van der Waals surface area (Å²) in [7, 11) is -4.29. The van der Waals surface area contributed by atoms with Gasteiger partial charge in [0.15, 0.2) is 6.10 Å². The minimum Gasteiger partial charge on any atom is -0.462 e. The van der Waals surface area contributed by atoms with Crippen molar-refractivity contribution in [2.24, 2.45) is 0 Å². The second kappa shape index (κ2) is 36.6. The van der Waals surface area contributed by atoms with E-state index in [9.17, 15) is 19.0 Å². The zero-order chi connectivity index (χ0) is 36.1. The number of ether oxygens (including phenoxy) is 2. The first-order valence-corrected chi connectivity index (χ1v) is 22.0. The van der Waals surface area contributed by atoms with Gasteiger partial charge in [0.05, 0.1) is 13.2 Å². The average molecular weight is 717 g/mol. The highest BCUT2D eigenvalue weighted by molar-refractivity contribution is 7.47. The number of hydrogen-bond acceptors (Lipinski definition) is 7. The van der Waals surface area contributed by atoms with Crippen LogP contribution in [0.4, 0.5) is 0 Å².